The van der Waals surface area contributed by atoms with Crippen molar-refractivity contribution >= 4 is 28.4 Å². The summed E-state index contributed by atoms with van der Waals surface area (Å²) in [5, 5.41) is 5.82. The molecule has 0 spiro atoms. The Balaban J connectivity index is 1.53. The van der Waals surface area contributed by atoms with Crippen LogP contribution in [0, 0.1) is 6.92 Å². The molecule has 6 heteroatoms. The van der Waals surface area contributed by atoms with Gasteiger partial charge in [-0.05, 0) is 43.4 Å². The molecular formula is C20H23ClN4O. The fourth-order valence-electron chi connectivity index (χ4n) is 3.99. The first-order chi connectivity index (χ1) is 12.5. The zero-order valence-corrected chi connectivity index (χ0v) is 16.1. The lowest BCUT2D eigenvalue weighted by Crippen LogP contribution is -2.37. The summed E-state index contributed by atoms with van der Waals surface area (Å²) in [4.78, 5) is 14.6. The predicted molar refractivity (Wildman–Crippen MR) is 104 cm³/mol. The molecule has 0 bridgehead atoms. The van der Waals surface area contributed by atoms with Crippen molar-refractivity contribution in [1.29, 1.82) is 0 Å². The number of hydrogen-bond acceptors (Lipinski definition) is 2. The van der Waals surface area contributed by atoms with Gasteiger partial charge in [-0.1, -0.05) is 23.2 Å². The van der Waals surface area contributed by atoms with E-state index in [0.29, 0.717) is 16.6 Å². The van der Waals surface area contributed by atoms with Crippen LogP contribution in [0.25, 0.3) is 10.9 Å². The van der Waals surface area contributed by atoms with Crippen LogP contribution in [-0.2, 0) is 14.1 Å². The van der Waals surface area contributed by atoms with E-state index in [0.717, 1.165) is 25.9 Å². The number of hydrogen-bond donors (Lipinski definition) is 0. The first-order valence-electron chi connectivity index (χ1n) is 8.98. The van der Waals surface area contributed by atoms with Gasteiger partial charge in [-0.3, -0.25) is 9.48 Å². The minimum atomic E-state index is -0.0182. The van der Waals surface area contributed by atoms with Gasteiger partial charge in [0.2, 0.25) is 0 Å². The molecule has 0 saturated carbocycles. The Labute approximate surface area is 158 Å². The van der Waals surface area contributed by atoms with Gasteiger partial charge in [0.05, 0.1) is 11.8 Å². The highest BCUT2D eigenvalue weighted by molar-refractivity contribution is 6.32. The maximum absolute atomic E-state index is 12.7. The van der Waals surface area contributed by atoms with Crippen molar-refractivity contribution < 1.29 is 4.79 Å². The summed E-state index contributed by atoms with van der Waals surface area (Å²) in [5.74, 6) is 0.462. The van der Waals surface area contributed by atoms with Gasteiger partial charge in [-0.2, -0.15) is 5.10 Å². The van der Waals surface area contributed by atoms with Crippen LogP contribution in [0.15, 0.2) is 30.6 Å². The number of piperidine rings is 1. The fourth-order valence-corrected chi connectivity index (χ4v) is 4.16. The van der Waals surface area contributed by atoms with Gasteiger partial charge in [-0.15, -0.1) is 0 Å². The highest BCUT2D eigenvalue weighted by atomic mass is 35.5. The van der Waals surface area contributed by atoms with E-state index in [-0.39, 0.29) is 5.91 Å². The summed E-state index contributed by atoms with van der Waals surface area (Å²) in [6.45, 7) is 3.63. The number of amides is 1. The fraction of sp³-hybridized carbons (Fsp3) is 0.400. The molecule has 5 nitrogen and oxygen atoms in total. The standard InChI is InChI=1S/C20H23ClN4O/c1-13-4-5-18-15(10-13)17(12-23(18)2)14-6-8-25(9-7-14)20(26)16-11-22-24(3)19(16)21/h4-5,10-12,14H,6-9H2,1-3H3. The molecule has 4 rings (SSSR count). The van der Waals surface area contributed by atoms with E-state index < -0.39 is 0 Å². The second-order valence-electron chi connectivity index (χ2n) is 7.26. The Morgan fingerprint density at radius 1 is 1.23 bits per heavy atom. The number of benzene rings is 1. The Bertz CT molecular complexity index is 979. The number of aromatic nitrogens is 3. The van der Waals surface area contributed by atoms with Crippen molar-refractivity contribution in [3.05, 3.63) is 52.4 Å². The van der Waals surface area contributed by atoms with Crippen LogP contribution in [0.4, 0.5) is 0 Å². The molecule has 0 radical (unpaired) electrons. The minimum absolute atomic E-state index is 0.0182. The molecule has 3 heterocycles. The van der Waals surface area contributed by atoms with Crippen molar-refractivity contribution in [1.82, 2.24) is 19.2 Å². The molecule has 0 aliphatic carbocycles. The summed E-state index contributed by atoms with van der Waals surface area (Å²) >= 11 is 6.18. The van der Waals surface area contributed by atoms with Gasteiger partial charge in [0.15, 0.2) is 0 Å². The lowest BCUT2D eigenvalue weighted by molar-refractivity contribution is 0.0713. The minimum Gasteiger partial charge on any atom is -0.350 e. The average molecular weight is 371 g/mol. The molecule has 2 aromatic heterocycles. The maximum atomic E-state index is 12.7. The smallest absolute Gasteiger partial charge is 0.258 e. The second-order valence-corrected chi connectivity index (χ2v) is 7.61. The molecule has 1 fully saturated rings. The van der Waals surface area contributed by atoms with E-state index in [1.807, 2.05) is 4.90 Å². The van der Waals surface area contributed by atoms with Crippen LogP contribution in [-0.4, -0.2) is 38.2 Å². The van der Waals surface area contributed by atoms with Crippen molar-refractivity contribution in [3.8, 4) is 0 Å². The molecule has 1 amide bonds. The number of halogens is 1. The van der Waals surface area contributed by atoms with Crippen LogP contribution in [0.1, 0.15) is 40.2 Å². The van der Waals surface area contributed by atoms with Gasteiger partial charge >= 0.3 is 0 Å². The Morgan fingerprint density at radius 2 is 1.96 bits per heavy atom. The number of likely N-dealkylation sites (tertiary alicyclic amines) is 1. The lowest BCUT2D eigenvalue weighted by atomic mass is 9.89. The van der Waals surface area contributed by atoms with Gasteiger partial charge in [0.25, 0.3) is 5.91 Å². The lowest BCUT2D eigenvalue weighted by Gasteiger charge is -2.32. The van der Waals surface area contributed by atoms with Crippen molar-refractivity contribution in [2.45, 2.75) is 25.7 Å². The molecule has 3 aromatic rings. The second kappa shape index (κ2) is 6.47. The number of carbonyl (C=O) groups excluding carboxylic acids is 1. The van der Waals surface area contributed by atoms with E-state index in [4.69, 9.17) is 11.6 Å². The zero-order valence-electron chi connectivity index (χ0n) is 15.4. The summed E-state index contributed by atoms with van der Waals surface area (Å²) in [7, 11) is 3.85. The molecule has 1 saturated heterocycles. The van der Waals surface area contributed by atoms with E-state index in [2.05, 4.69) is 48.0 Å². The Kier molecular flexibility index (Phi) is 4.27. The highest BCUT2D eigenvalue weighted by Gasteiger charge is 2.28. The maximum Gasteiger partial charge on any atom is 0.258 e. The third-order valence-electron chi connectivity index (χ3n) is 5.49. The third kappa shape index (κ3) is 2.80. The number of fused-ring (bicyclic) bond motifs is 1. The number of rotatable bonds is 2. The van der Waals surface area contributed by atoms with Crippen LogP contribution in [0.5, 0.6) is 0 Å². The number of aryl methyl sites for hydroxylation is 3. The van der Waals surface area contributed by atoms with Crippen molar-refractivity contribution in [2.24, 2.45) is 14.1 Å². The van der Waals surface area contributed by atoms with Gasteiger partial charge in [0.1, 0.15) is 5.15 Å². The number of nitrogens with zero attached hydrogens (tertiary/aromatic N) is 4. The SMILES string of the molecule is Cc1ccc2c(c1)c(C1CCN(C(=O)c3cnn(C)c3Cl)CC1)cn2C. The summed E-state index contributed by atoms with van der Waals surface area (Å²) in [6, 6.07) is 6.62. The largest absolute Gasteiger partial charge is 0.350 e. The molecule has 0 atom stereocenters. The van der Waals surface area contributed by atoms with Gasteiger partial charge < -0.3 is 9.47 Å². The molecule has 136 valence electrons. The molecule has 26 heavy (non-hydrogen) atoms. The molecule has 0 N–H and O–H groups in total. The summed E-state index contributed by atoms with van der Waals surface area (Å²) < 4.78 is 3.73. The Morgan fingerprint density at radius 3 is 2.62 bits per heavy atom. The average Bonchev–Trinajstić information content (AvgIpc) is 3.14. The van der Waals surface area contributed by atoms with Crippen LogP contribution in [0.2, 0.25) is 5.15 Å². The number of carbonyl (C=O) groups is 1. The first kappa shape index (κ1) is 17.2. The highest BCUT2D eigenvalue weighted by Crippen LogP contribution is 2.35. The van der Waals surface area contributed by atoms with Gasteiger partial charge in [0, 0.05) is 44.3 Å². The molecule has 1 aromatic carbocycles. The third-order valence-corrected chi connectivity index (χ3v) is 5.94. The summed E-state index contributed by atoms with van der Waals surface area (Å²) in [5.41, 5.74) is 4.45. The molecule has 1 aliphatic rings. The zero-order chi connectivity index (χ0) is 18.4. The van der Waals surface area contributed by atoms with E-state index >= 15 is 0 Å². The molecular weight excluding hydrogens is 348 g/mol. The first-order valence-corrected chi connectivity index (χ1v) is 9.36. The normalized spacial score (nSPS) is 15.8. The van der Waals surface area contributed by atoms with Crippen LogP contribution >= 0.6 is 11.6 Å². The van der Waals surface area contributed by atoms with Crippen LogP contribution < -0.4 is 0 Å². The van der Waals surface area contributed by atoms with E-state index in [9.17, 15) is 4.79 Å². The quantitative estimate of drug-likeness (QED) is 0.686. The predicted octanol–water partition coefficient (Wildman–Crippen LogP) is 3.89. The molecule has 1 aliphatic heterocycles. The van der Waals surface area contributed by atoms with E-state index in [1.54, 1.807) is 13.2 Å². The van der Waals surface area contributed by atoms with Crippen molar-refractivity contribution in [2.75, 3.05) is 13.1 Å². The topological polar surface area (TPSA) is 43.1 Å². The monoisotopic (exact) mass is 370 g/mol. The van der Waals surface area contributed by atoms with Crippen LogP contribution in [0.3, 0.4) is 0 Å². The van der Waals surface area contributed by atoms with Gasteiger partial charge in [-0.25, -0.2) is 0 Å². The van der Waals surface area contributed by atoms with Crippen molar-refractivity contribution in [3.63, 3.8) is 0 Å². The molecule has 0 unspecified atom stereocenters. The van der Waals surface area contributed by atoms with E-state index in [1.165, 1.54) is 26.7 Å². The summed E-state index contributed by atoms with van der Waals surface area (Å²) in [6.07, 6.45) is 5.75. The Hall–Kier alpha value is -2.27.